The zero-order chi connectivity index (χ0) is 17.0. The standard InChI is InChI=1S/C16H26N4O3/c1-16(2,3)14(21)17-11-6-8-20(9-7-11)15-18-12(22-4)10-13(19-15)23-5/h10-11H,6-9H2,1-5H3,(H,17,21). The molecule has 2 rings (SSSR count). The van der Waals surface area contributed by atoms with Gasteiger partial charge >= 0.3 is 0 Å². The maximum atomic E-state index is 12.1. The highest BCUT2D eigenvalue weighted by Crippen LogP contribution is 2.23. The smallest absolute Gasteiger partial charge is 0.231 e. The second kappa shape index (κ2) is 7.02. The predicted molar refractivity (Wildman–Crippen MR) is 88.0 cm³/mol. The fraction of sp³-hybridized carbons (Fsp3) is 0.688. The molecule has 7 heteroatoms. The van der Waals surface area contributed by atoms with Crippen LogP contribution in [0.25, 0.3) is 0 Å². The average Bonchev–Trinajstić information content (AvgIpc) is 2.54. The van der Waals surface area contributed by atoms with Crippen LogP contribution in [0.2, 0.25) is 0 Å². The molecule has 1 aromatic rings. The van der Waals surface area contributed by atoms with Crippen molar-refractivity contribution in [3.8, 4) is 11.8 Å². The molecule has 0 bridgehead atoms. The summed E-state index contributed by atoms with van der Waals surface area (Å²) in [5.41, 5.74) is -0.361. The normalized spacial score (nSPS) is 16.1. The number of anilines is 1. The third-order valence-corrected chi connectivity index (χ3v) is 3.88. The van der Waals surface area contributed by atoms with Gasteiger partial charge in [-0.3, -0.25) is 4.79 Å². The van der Waals surface area contributed by atoms with Crippen LogP contribution < -0.4 is 19.7 Å². The van der Waals surface area contributed by atoms with Gasteiger partial charge in [0.2, 0.25) is 23.6 Å². The van der Waals surface area contributed by atoms with Crippen molar-refractivity contribution >= 4 is 11.9 Å². The molecule has 0 spiro atoms. The molecular formula is C16H26N4O3. The van der Waals surface area contributed by atoms with Gasteiger partial charge in [0.25, 0.3) is 0 Å². The Kier molecular flexibility index (Phi) is 5.28. The molecule has 2 heterocycles. The first-order chi connectivity index (χ1) is 10.8. The van der Waals surface area contributed by atoms with Crippen molar-refractivity contribution < 1.29 is 14.3 Å². The first-order valence-corrected chi connectivity index (χ1v) is 7.86. The number of ether oxygens (including phenoxy) is 2. The Bertz CT molecular complexity index is 526. The van der Waals surface area contributed by atoms with E-state index in [1.54, 1.807) is 20.3 Å². The van der Waals surface area contributed by atoms with E-state index in [1.807, 2.05) is 20.8 Å². The SMILES string of the molecule is COc1cc(OC)nc(N2CCC(NC(=O)C(C)(C)C)CC2)n1. The molecule has 23 heavy (non-hydrogen) atoms. The molecule has 0 atom stereocenters. The molecule has 1 aliphatic heterocycles. The quantitative estimate of drug-likeness (QED) is 0.908. The fourth-order valence-corrected chi connectivity index (χ4v) is 2.37. The van der Waals surface area contributed by atoms with E-state index in [9.17, 15) is 4.79 Å². The van der Waals surface area contributed by atoms with Crippen LogP contribution in [0.5, 0.6) is 11.8 Å². The van der Waals surface area contributed by atoms with Crippen molar-refractivity contribution in [3.05, 3.63) is 6.07 Å². The van der Waals surface area contributed by atoms with Gasteiger partial charge in [-0.1, -0.05) is 20.8 Å². The van der Waals surface area contributed by atoms with Crippen LogP contribution in [0.15, 0.2) is 6.07 Å². The zero-order valence-electron chi connectivity index (χ0n) is 14.5. The molecule has 7 nitrogen and oxygen atoms in total. The number of hydrogen-bond acceptors (Lipinski definition) is 6. The monoisotopic (exact) mass is 322 g/mol. The first-order valence-electron chi connectivity index (χ1n) is 7.86. The minimum atomic E-state index is -0.361. The Morgan fingerprint density at radius 2 is 1.70 bits per heavy atom. The lowest BCUT2D eigenvalue weighted by Crippen LogP contribution is -2.48. The first kappa shape index (κ1) is 17.3. The van der Waals surface area contributed by atoms with E-state index in [-0.39, 0.29) is 17.4 Å². The van der Waals surface area contributed by atoms with Crippen LogP contribution in [-0.2, 0) is 4.79 Å². The molecular weight excluding hydrogens is 296 g/mol. The van der Waals surface area contributed by atoms with E-state index in [0.717, 1.165) is 25.9 Å². The number of rotatable bonds is 4. The van der Waals surface area contributed by atoms with Crippen LogP contribution in [0.1, 0.15) is 33.6 Å². The summed E-state index contributed by atoms with van der Waals surface area (Å²) in [6.07, 6.45) is 1.73. The Labute approximate surface area is 137 Å². The van der Waals surface area contributed by atoms with E-state index in [2.05, 4.69) is 20.2 Å². The van der Waals surface area contributed by atoms with Crippen LogP contribution in [0.4, 0.5) is 5.95 Å². The molecule has 0 aliphatic carbocycles. The highest BCUT2D eigenvalue weighted by Gasteiger charge is 2.27. The third kappa shape index (κ3) is 4.46. The van der Waals surface area contributed by atoms with Crippen molar-refractivity contribution in [1.29, 1.82) is 0 Å². The molecule has 1 aromatic heterocycles. The number of nitrogens with zero attached hydrogens (tertiary/aromatic N) is 3. The van der Waals surface area contributed by atoms with Gasteiger partial charge in [0.15, 0.2) is 0 Å². The molecule has 1 N–H and O–H groups in total. The van der Waals surface area contributed by atoms with Gasteiger partial charge in [-0.05, 0) is 12.8 Å². The van der Waals surface area contributed by atoms with Crippen LogP contribution in [0, 0.1) is 5.41 Å². The topological polar surface area (TPSA) is 76.6 Å². The van der Waals surface area contributed by atoms with E-state index < -0.39 is 0 Å². The van der Waals surface area contributed by atoms with Gasteiger partial charge in [0.1, 0.15) is 0 Å². The molecule has 1 aliphatic rings. The lowest BCUT2D eigenvalue weighted by atomic mass is 9.94. The maximum absolute atomic E-state index is 12.1. The van der Waals surface area contributed by atoms with Gasteiger partial charge < -0.3 is 19.7 Å². The predicted octanol–water partition coefficient (Wildman–Crippen LogP) is 1.62. The van der Waals surface area contributed by atoms with Crippen molar-refractivity contribution in [2.24, 2.45) is 5.41 Å². The van der Waals surface area contributed by atoms with Crippen LogP contribution in [-0.4, -0.2) is 49.2 Å². The number of aromatic nitrogens is 2. The number of carbonyl (C=O) groups excluding carboxylic acids is 1. The number of hydrogen-bond donors (Lipinski definition) is 1. The molecule has 128 valence electrons. The van der Waals surface area contributed by atoms with Gasteiger partial charge in [-0.25, -0.2) is 0 Å². The number of amides is 1. The molecule has 0 saturated carbocycles. The Morgan fingerprint density at radius 1 is 1.17 bits per heavy atom. The lowest BCUT2D eigenvalue weighted by molar-refractivity contribution is -0.129. The second-order valence-electron chi connectivity index (χ2n) is 6.74. The Balaban J connectivity index is 1.98. The highest BCUT2D eigenvalue weighted by molar-refractivity contribution is 5.81. The number of carbonyl (C=O) groups is 1. The molecule has 0 radical (unpaired) electrons. The zero-order valence-corrected chi connectivity index (χ0v) is 14.5. The summed E-state index contributed by atoms with van der Waals surface area (Å²) < 4.78 is 10.4. The van der Waals surface area contributed by atoms with Gasteiger partial charge in [-0.2, -0.15) is 9.97 Å². The summed E-state index contributed by atoms with van der Waals surface area (Å²) in [4.78, 5) is 22.9. The second-order valence-corrected chi connectivity index (χ2v) is 6.74. The van der Waals surface area contributed by atoms with Crippen LogP contribution in [0.3, 0.4) is 0 Å². The summed E-state index contributed by atoms with van der Waals surface area (Å²) in [5.74, 6) is 1.65. The number of nitrogens with one attached hydrogen (secondary N) is 1. The molecule has 0 aromatic carbocycles. The van der Waals surface area contributed by atoms with Crippen molar-refractivity contribution in [2.75, 3.05) is 32.2 Å². The molecule has 0 unspecified atom stereocenters. The summed E-state index contributed by atoms with van der Waals surface area (Å²) in [6, 6.07) is 1.85. The minimum Gasteiger partial charge on any atom is -0.481 e. The minimum absolute atomic E-state index is 0.0928. The largest absolute Gasteiger partial charge is 0.481 e. The highest BCUT2D eigenvalue weighted by atomic mass is 16.5. The van der Waals surface area contributed by atoms with E-state index in [1.165, 1.54) is 0 Å². The number of methoxy groups -OCH3 is 2. The lowest BCUT2D eigenvalue weighted by Gasteiger charge is -2.33. The van der Waals surface area contributed by atoms with Gasteiger partial charge in [0, 0.05) is 24.5 Å². The van der Waals surface area contributed by atoms with Crippen LogP contribution >= 0.6 is 0 Å². The summed E-state index contributed by atoms with van der Waals surface area (Å²) in [5, 5.41) is 3.12. The van der Waals surface area contributed by atoms with Gasteiger partial charge in [0.05, 0.1) is 20.3 Å². The Hall–Kier alpha value is -2.05. The Morgan fingerprint density at radius 3 is 2.13 bits per heavy atom. The molecule has 1 amide bonds. The number of piperidine rings is 1. The third-order valence-electron chi connectivity index (χ3n) is 3.88. The van der Waals surface area contributed by atoms with E-state index >= 15 is 0 Å². The van der Waals surface area contributed by atoms with Crippen molar-refractivity contribution in [2.45, 2.75) is 39.7 Å². The summed E-state index contributed by atoms with van der Waals surface area (Å²) in [7, 11) is 3.14. The maximum Gasteiger partial charge on any atom is 0.231 e. The molecule has 1 fully saturated rings. The molecule has 1 saturated heterocycles. The fourth-order valence-electron chi connectivity index (χ4n) is 2.37. The van der Waals surface area contributed by atoms with E-state index in [0.29, 0.717) is 17.7 Å². The summed E-state index contributed by atoms with van der Waals surface area (Å²) in [6.45, 7) is 7.34. The van der Waals surface area contributed by atoms with Gasteiger partial charge in [-0.15, -0.1) is 0 Å². The summed E-state index contributed by atoms with van der Waals surface area (Å²) >= 11 is 0. The van der Waals surface area contributed by atoms with Crippen molar-refractivity contribution in [1.82, 2.24) is 15.3 Å². The van der Waals surface area contributed by atoms with E-state index in [4.69, 9.17) is 9.47 Å². The average molecular weight is 322 g/mol. The van der Waals surface area contributed by atoms with Crippen molar-refractivity contribution in [3.63, 3.8) is 0 Å².